The number of hydrogen-bond acceptors (Lipinski definition) is 3. The molecule has 1 saturated heterocycles. The molecule has 8 heteroatoms. The van der Waals surface area contributed by atoms with E-state index in [9.17, 15) is 26.0 Å². The van der Waals surface area contributed by atoms with Crippen molar-refractivity contribution in [2.45, 2.75) is 18.6 Å². The van der Waals surface area contributed by atoms with E-state index in [1.54, 1.807) is 0 Å². The zero-order valence-corrected chi connectivity index (χ0v) is 11.1. The first-order valence-electron chi connectivity index (χ1n) is 5.93. The number of sulfone groups is 1. The molecule has 0 aromatic heterocycles. The largest absolute Gasteiger partial charge is 0.419 e. The van der Waals surface area contributed by atoms with Gasteiger partial charge in [0.1, 0.15) is 5.82 Å². The first-order valence-corrected chi connectivity index (χ1v) is 7.75. The molecule has 0 amide bonds. The summed E-state index contributed by atoms with van der Waals surface area (Å²) in [7, 11) is -3.17. The van der Waals surface area contributed by atoms with Gasteiger partial charge in [-0.25, -0.2) is 12.8 Å². The third-order valence-corrected chi connectivity index (χ3v) is 5.25. The minimum Gasteiger partial charge on any atom is -0.324 e. The first kappa shape index (κ1) is 15.2. The average Bonchev–Trinajstić information content (AvgIpc) is 2.68. The number of rotatable bonds is 2. The molecule has 0 bridgehead atoms. The lowest BCUT2D eigenvalue weighted by molar-refractivity contribution is -0.140. The first-order chi connectivity index (χ1) is 9.10. The van der Waals surface area contributed by atoms with Crippen molar-refractivity contribution in [3.8, 4) is 0 Å². The molecule has 1 aromatic carbocycles. The predicted octanol–water partition coefficient (Wildman–Crippen LogP) is 2.28. The number of nitrogens with two attached hydrogens (primary N) is 1. The fraction of sp³-hybridized carbons (Fsp3) is 0.500. The van der Waals surface area contributed by atoms with Gasteiger partial charge in [-0.05, 0) is 30.0 Å². The highest BCUT2D eigenvalue weighted by Gasteiger charge is 2.36. The molecule has 1 fully saturated rings. The van der Waals surface area contributed by atoms with Crippen molar-refractivity contribution in [3.63, 3.8) is 0 Å². The summed E-state index contributed by atoms with van der Waals surface area (Å²) < 4.78 is 73.7. The summed E-state index contributed by atoms with van der Waals surface area (Å²) in [6.45, 7) is 0. The molecule has 3 nitrogen and oxygen atoms in total. The van der Waals surface area contributed by atoms with E-state index in [2.05, 4.69) is 0 Å². The Morgan fingerprint density at radius 2 is 1.95 bits per heavy atom. The van der Waals surface area contributed by atoms with Gasteiger partial charge in [0.2, 0.25) is 0 Å². The van der Waals surface area contributed by atoms with E-state index in [0.29, 0.717) is 18.6 Å². The van der Waals surface area contributed by atoms with E-state index < -0.39 is 39.4 Å². The van der Waals surface area contributed by atoms with Crippen LogP contribution in [0.5, 0.6) is 0 Å². The molecule has 1 aromatic rings. The maximum Gasteiger partial charge on any atom is 0.419 e. The summed E-state index contributed by atoms with van der Waals surface area (Å²) in [6.07, 6.45) is -4.50. The van der Waals surface area contributed by atoms with E-state index in [-0.39, 0.29) is 17.1 Å². The Morgan fingerprint density at radius 3 is 2.45 bits per heavy atom. The van der Waals surface area contributed by atoms with Crippen molar-refractivity contribution in [1.82, 2.24) is 0 Å². The van der Waals surface area contributed by atoms with Crippen molar-refractivity contribution in [1.29, 1.82) is 0 Å². The van der Waals surface area contributed by atoms with Crippen LogP contribution in [0.25, 0.3) is 0 Å². The van der Waals surface area contributed by atoms with Crippen LogP contribution in [0.15, 0.2) is 18.2 Å². The maximum atomic E-state index is 13.2. The fourth-order valence-corrected chi connectivity index (χ4v) is 4.20. The Bertz CT molecular complexity index is 612. The molecular formula is C12H13F4NO2S. The third-order valence-electron chi connectivity index (χ3n) is 3.46. The van der Waals surface area contributed by atoms with Gasteiger partial charge in [0.15, 0.2) is 9.84 Å². The standard InChI is InChI=1S/C12H13F4NO2S/c13-10-2-1-7(5-9(10)12(14,15)16)11(17)8-3-4-20(18,19)6-8/h1-2,5,8,11H,3-4,6,17H2. The van der Waals surface area contributed by atoms with Crippen molar-refractivity contribution in [3.05, 3.63) is 35.1 Å². The number of benzene rings is 1. The minimum atomic E-state index is -4.80. The monoisotopic (exact) mass is 311 g/mol. The van der Waals surface area contributed by atoms with E-state index >= 15 is 0 Å². The summed E-state index contributed by atoms with van der Waals surface area (Å²) in [5, 5.41) is 0. The molecule has 1 aliphatic heterocycles. The lowest BCUT2D eigenvalue weighted by atomic mass is 9.92. The summed E-state index contributed by atoms with van der Waals surface area (Å²) in [6, 6.07) is 1.68. The van der Waals surface area contributed by atoms with Gasteiger partial charge >= 0.3 is 6.18 Å². The van der Waals surface area contributed by atoms with E-state index in [0.717, 1.165) is 0 Å². The second kappa shape index (κ2) is 5.00. The van der Waals surface area contributed by atoms with Gasteiger partial charge in [-0.2, -0.15) is 13.2 Å². The maximum absolute atomic E-state index is 13.2. The molecule has 1 aliphatic rings. The fourth-order valence-electron chi connectivity index (χ4n) is 2.35. The van der Waals surface area contributed by atoms with Gasteiger partial charge in [-0.15, -0.1) is 0 Å². The Morgan fingerprint density at radius 1 is 1.30 bits per heavy atom. The van der Waals surface area contributed by atoms with Crippen LogP contribution in [0.3, 0.4) is 0 Å². The summed E-state index contributed by atoms with van der Waals surface area (Å²) in [5.74, 6) is -1.97. The normalized spacial score (nSPS) is 23.8. The molecule has 0 saturated carbocycles. The Balaban J connectivity index is 2.30. The van der Waals surface area contributed by atoms with Crippen molar-refractivity contribution in [2.24, 2.45) is 11.7 Å². The van der Waals surface area contributed by atoms with Crippen molar-refractivity contribution >= 4 is 9.84 Å². The quantitative estimate of drug-likeness (QED) is 0.853. The number of hydrogen-bond donors (Lipinski definition) is 1. The van der Waals surface area contributed by atoms with Crippen LogP contribution in [0.4, 0.5) is 17.6 Å². The van der Waals surface area contributed by atoms with Crippen LogP contribution in [-0.4, -0.2) is 19.9 Å². The summed E-state index contributed by atoms with van der Waals surface area (Å²) >= 11 is 0. The molecular weight excluding hydrogens is 298 g/mol. The molecule has 0 spiro atoms. The van der Waals surface area contributed by atoms with Crippen LogP contribution in [0.1, 0.15) is 23.6 Å². The van der Waals surface area contributed by atoms with Crippen LogP contribution in [0.2, 0.25) is 0 Å². The highest BCUT2D eigenvalue weighted by Crippen LogP contribution is 2.35. The molecule has 0 radical (unpaired) electrons. The lowest BCUT2D eigenvalue weighted by Crippen LogP contribution is -2.23. The molecule has 2 atom stereocenters. The van der Waals surface area contributed by atoms with Gasteiger partial charge in [-0.3, -0.25) is 0 Å². The van der Waals surface area contributed by atoms with Crippen molar-refractivity contribution in [2.75, 3.05) is 11.5 Å². The van der Waals surface area contributed by atoms with Gasteiger partial charge in [0.25, 0.3) is 0 Å². The smallest absolute Gasteiger partial charge is 0.324 e. The zero-order chi connectivity index (χ0) is 15.1. The van der Waals surface area contributed by atoms with Crippen LogP contribution in [0, 0.1) is 11.7 Å². The average molecular weight is 311 g/mol. The van der Waals surface area contributed by atoms with E-state index in [1.807, 2.05) is 0 Å². The van der Waals surface area contributed by atoms with Crippen LogP contribution < -0.4 is 5.73 Å². The molecule has 112 valence electrons. The molecule has 20 heavy (non-hydrogen) atoms. The molecule has 0 aliphatic carbocycles. The molecule has 2 rings (SSSR count). The zero-order valence-electron chi connectivity index (χ0n) is 10.3. The topological polar surface area (TPSA) is 60.2 Å². The predicted molar refractivity (Wildman–Crippen MR) is 65.1 cm³/mol. The molecule has 2 N–H and O–H groups in total. The number of halogens is 4. The lowest BCUT2D eigenvalue weighted by Gasteiger charge is -2.19. The van der Waals surface area contributed by atoms with E-state index in [1.165, 1.54) is 6.07 Å². The number of alkyl halides is 3. The second-order valence-electron chi connectivity index (χ2n) is 4.93. The third kappa shape index (κ3) is 3.12. The SMILES string of the molecule is NC(c1ccc(F)c(C(F)(F)F)c1)C1CCS(=O)(=O)C1. The van der Waals surface area contributed by atoms with Gasteiger partial charge < -0.3 is 5.73 Å². The summed E-state index contributed by atoms with van der Waals surface area (Å²) in [4.78, 5) is 0. The van der Waals surface area contributed by atoms with Crippen molar-refractivity contribution < 1.29 is 26.0 Å². The Kier molecular flexibility index (Phi) is 3.81. The highest BCUT2D eigenvalue weighted by atomic mass is 32.2. The minimum absolute atomic E-state index is 0.0152. The molecule has 2 unspecified atom stereocenters. The highest BCUT2D eigenvalue weighted by molar-refractivity contribution is 7.91. The van der Waals surface area contributed by atoms with Crippen LogP contribution in [-0.2, 0) is 16.0 Å². The van der Waals surface area contributed by atoms with E-state index in [4.69, 9.17) is 5.73 Å². The van der Waals surface area contributed by atoms with Gasteiger partial charge in [-0.1, -0.05) is 6.07 Å². The second-order valence-corrected chi connectivity index (χ2v) is 7.15. The van der Waals surface area contributed by atoms with Crippen LogP contribution >= 0.6 is 0 Å². The molecule has 1 heterocycles. The van der Waals surface area contributed by atoms with Gasteiger partial charge in [0, 0.05) is 6.04 Å². The Hall–Kier alpha value is -1.15. The Labute approximate surface area is 113 Å². The van der Waals surface area contributed by atoms with Gasteiger partial charge in [0.05, 0.1) is 17.1 Å². The summed E-state index contributed by atoms with van der Waals surface area (Å²) in [5.41, 5.74) is 4.54.